The molecule has 2 aromatic carbocycles. The minimum Gasteiger partial charge on any atom is -0.497 e. The van der Waals surface area contributed by atoms with E-state index in [-0.39, 0.29) is 11.7 Å². The van der Waals surface area contributed by atoms with Gasteiger partial charge in [-0.15, -0.1) is 0 Å². The molecule has 2 aromatic rings. The number of Topliss-reactive ketones (excluding diaryl/α,β-unsaturated/α-hetero) is 1. The van der Waals surface area contributed by atoms with Crippen LogP contribution in [-0.2, 0) is 6.42 Å². The van der Waals surface area contributed by atoms with Crippen LogP contribution in [0.15, 0.2) is 58.8 Å². The van der Waals surface area contributed by atoms with Gasteiger partial charge in [-0.3, -0.25) is 4.79 Å². The van der Waals surface area contributed by atoms with Crippen LogP contribution in [0.2, 0.25) is 0 Å². The molecule has 0 radical (unpaired) electrons. The van der Waals surface area contributed by atoms with Crippen molar-refractivity contribution in [2.45, 2.75) is 30.7 Å². The average molecular weight is 320 g/mol. The van der Waals surface area contributed by atoms with Crippen molar-refractivity contribution in [2.75, 3.05) is 13.7 Å². The summed E-state index contributed by atoms with van der Waals surface area (Å²) < 4.78 is 5.24. The molecule has 0 bridgehead atoms. The predicted molar refractivity (Wildman–Crippen MR) is 91.9 cm³/mol. The summed E-state index contributed by atoms with van der Waals surface area (Å²) >= 11 is 0. The Labute approximate surface area is 141 Å². The van der Waals surface area contributed by atoms with Crippen molar-refractivity contribution >= 4 is 5.78 Å². The fourth-order valence-corrected chi connectivity index (χ4v) is 3.97. The molecule has 4 rings (SSSR count). The second kappa shape index (κ2) is 5.86. The SMILES string of the molecule is COc1ccc([C@H]2CN=N[C@@]23CCCc2ccccc2C3=O)cc1. The normalized spacial score (nSPS) is 25.5. The summed E-state index contributed by atoms with van der Waals surface area (Å²) in [6.45, 7) is 0.570. The summed E-state index contributed by atoms with van der Waals surface area (Å²) in [5.74, 6) is 0.942. The molecule has 1 spiro atoms. The number of ether oxygens (including phenoxy) is 1. The maximum absolute atomic E-state index is 13.4. The third-order valence-corrected chi connectivity index (χ3v) is 5.27. The van der Waals surface area contributed by atoms with Gasteiger partial charge in [0, 0.05) is 11.5 Å². The molecule has 0 aromatic heterocycles. The van der Waals surface area contributed by atoms with E-state index in [9.17, 15) is 4.79 Å². The molecule has 24 heavy (non-hydrogen) atoms. The second-order valence-electron chi connectivity index (χ2n) is 6.51. The molecule has 4 heteroatoms. The Balaban J connectivity index is 1.77. The topological polar surface area (TPSA) is 51.0 Å². The lowest BCUT2D eigenvalue weighted by molar-refractivity contribution is 0.0870. The lowest BCUT2D eigenvalue weighted by Gasteiger charge is -2.29. The van der Waals surface area contributed by atoms with Gasteiger partial charge in [0.05, 0.1) is 13.7 Å². The minimum absolute atomic E-state index is 0.00191. The maximum atomic E-state index is 13.4. The number of carbonyl (C=O) groups excluding carboxylic acids is 1. The molecule has 0 amide bonds. The largest absolute Gasteiger partial charge is 0.497 e. The third kappa shape index (κ3) is 2.25. The van der Waals surface area contributed by atoms with Gasteiger partial charge in [-0.1, -0.05) is 36.4 Å². The number of fused-ring (bicyclic) bond motifs is 1. The standard InChI is InChI=1S/C20H20N2O2/c1-24-16-10-8-15(9-11-16)18-13-21-22-20(18)12-4-6-14-5-2-3-7-17(14)19(20)23/h2-3,5,7-11,18H,4,6,12-13H2,1H3/t18-,20+/m1/s1. The van der Waals surface area contributed by atoms with Crippen LogP contribution in [0.5, 0.6) is 5.75 Å². The minimum atomic E-state index is -0.749. The van der Waals surface area contributed by atoms with Gasteiger partial charge < -0.3 is 4.74 Å². The zero-order chi connectivity index (χ0) is 16.6. The summed E-state index contributed by atoms with van der Waals surface area (Å²) in [6.07, 6.45) is 2.63. The number of hydrogen-bond donors (Lipinski definition) is 0. The van der Waals surface area contributed by atoms with Gasteiger partial charge in [-0.05, 0) is 42.5 Å². The molecule has 0 fully saturated rings. The molecule has 4 nitrogen and oxygen atoms in total. The summed E-state index contributed by atoms with van der Waals surface area (Å²) in [7, 11) is 1.66. The molecule has 122 valence electrons. The van der Waals surface area contributed by atoms with Crippen LogP contribution in [0.1, 0.15) is 40.2 Å². The van der Waals surface area contributed by atoms with Crippen LogP contribution < -0.4 is 4.74 Å². The van der Waals surface area contributed by atoms with Crippen molar-refractivity contribution in [3.63, 3.8) is 0 Å². The number of methoxy groups -OCH3 is 1. The Morgan fingerprint density at radius 1 is 1.12 bits per heavy atom. The molecular formula is C20H20N2O2. The first-order valence-corrected chi connectivity index (χ1v) is 8.40. The van der Waals surface area contributed by atoms with E-state index in [1.54, 1.807) is 7.11 Å². The van der Waals surface area contributed by atoms with Crippen LogP contribution in [-0.4, -0.2) is 25.0 Å². The van der Waals surface area contributed by atoms with Gasteiger partial charge in [-0.25, -0.2) is 0 Å². The number of carbonyl (C=O) groups is 1. The van der Waals surface area contributed by atoms with Crippen molar-refractivity contribution in [1.29, 1.82) is 0 Å². The summed E-state index contributed by atoms with van der Waals surface area (Å²) in [5, 5.41) is 8.81. The van der Waals surface area contributed by atoms with E-state index < -0.39 is 5.54 Å². The fourth-order valence-electron chi connectivity index (χ4n) is 3.97. The molecule has 1 aliphatic carbocycles. The smallest absolute Gasteiger partial charge is 0.193 e. The van der Waals surface area contributed by atoms with Gasteiger partial charge in [0.2, 0.25) is 0 Å². The molecule has 0 unspecified atom stereocenters. The van der Waals surface area contributed by atoms with Gasteiger partial charge in [-0.2, -0.15) is 10.2 Å². The van der Waals surface area contributed by atoms with Gasteiger partial charge in [0.25, 0.3) is 0 Å². The second-order valence-corrected chi connectivity index (χ2v) is 6.51. The molecule has 2 aliphatic rings. The highest BCUT2D eigenvalue weighted by Gasteiger charge is 2.50. The Morgan fingerprint density at radius 2 is 1.92 bits per heavy atom. The molecule has 1 aliphatic heterocycles. The molecule has 0 saturated carbocycles. The first-order chi connectivity index (χ1) is 11.7. The number of ketones is 1. The highest BCUT2D eigenvalue weighted by molar-refractivity contribution is 6.05. The van der Waals surface area contributed by atoms with E-state index in [1.165, 1.54) is 0 Å². The van der Waals surface area contributed by atoms with Crippen LogP contribution >= 0.6 is 0 Å². The quantitative estimate of drug-likeness (QED) is 0.832. The lowest BCUT2D eigenvalue weighted by atomic mass is 9.74. The van der Waals surface area contributed by atoms with E-state index in [0.29, 0.717) is 6.54 Å². The molecule has 1 heterocycles. The van der Waals surface area contributed by atoms with Gasteiger partial charge in [0.1, 0.15) is 5.75 Å². The molecule has 0 N–H and O–H groups in total. The Kier molecular flexibility index (Phi) is 3.68. The third-order valence-electron chi connectivity index (χ3n) is 5.27. The van der Waals surface area contributed by atoms with Crippen molar-refractivity contribution in [1.82, 2.24) is 0 Å². The number of azo groups is 1. The maximum Gasteiger partial charge on any atom is 0.193 e. The van der Waals surface area contributed by atoms with E-state index in [4.69, 9.17) is 4.74 Å². The number of nitrogens with zero attached hydrogens (tertiary/aromatic N) is 2. The fraction of sp³-hybridized carbons (Fsp3) is 0.350. The first-order valence-electron chi connectivity index (χ1n) is 8.40. The van der Waals surface area contributed by atoms with Crippen molar-refractivity contribution in [3.05, 3.63) is 65.2 Å². The highest BCUT2D eigenvalue weighted by atomic mass is 16.5. The van der Waals surface area contributed by atoms with Crippen molar-refractivity contribution in [2.24, 2.45) is 10.2 Å². The van der Waals surface area contributed by atoms with Crippen molar-refractivity contribution in [3.8, 4) is 5.75 Å². The van der Waals surface area contributed by atoms with Gasteiger partial charge in [0.15, 0.2) is 11.3 Å². The highest BCUT2D eigenvalue weighted by Crippen LogP contribution is 2.45. The summed E-state index contributed by atoms with van der Waals surface area (Å²) in [5.41, 5.74) is 2.30. The monoisotopic (exact) mass is 320 g/mol. The van der Waals surface area contributed by atoms with Crippen LogP contribution in [0.3, 0.4) is 0 Å². The Bertz CT molecular complexity index is 798. The average Bonchev–Trinajstić information content (AvgIpc) is 3.00. The van der Waals surface area contributed by atoms with Crippen LogP contribution in [0.25, 0.3) is 0 Å². The molecular weight excluding hydrogens is 300 g/mol. The molecule has 0 saturated heterocycles. The Hall–Kier alpha value is -2.49. The van der Waals surface area contributed by atoms with Crippen LogP contribution in [0, 0.1) is 0 Å². The summed E-state index contributed by atoms with van der Waals surface area (Å²) in [6, 6.07) is 15.9. The number of benzene rings is 2. The van der Waals surface area contributed by atoms with E-state index in [1.807, 2.05) is 42.5 Å². The predicted octanol–water partition coefficient (Wildman–Crippen LogP) is 4.20. The number of rotatable bonds is 2. The lowest BCUT2D eigenvalue weighted by Crippen LogP contribution is -2.40. The first kappa shape index (κ1) is 15.1. The number of aryl methyl sites for hydroxylation is 1. The Morgan fingerprint density at radius 3 is 2.71 bits per heavy atom. The van der Waals surface area contributed by atoms with E-state index in [0.717, 1.165) is 41.7 Å². The summed E-state index contributed by atoms with van der Waals surface area (Å²) in [4.78, 5) is 13.4. The zero-order valence-electron chi connectivity index (χ0n) is 13.7. The van der Waals surface area contributed by atoms with E-state index >= 15 is 0 Å². The molecule has 2 atom stereocenters. The van der Waals surface area contributed by atoms with E-state index in [2.05, 4.69) is 16.3 Å². The zero-order valence-corrected chi connectivity index (χ0v) is 13.7. The van der Waals surface area contributed by atoms with Crippen LogP contribution in [0.4, 0.5) is 0 Å². The van der Waals surface area contributed by atoms with Gasteiger partial charge >= 0.3 is 0 Å². The number of hydrogen-bond acceptors (Lipinski definition) is 4. The van der Waals surface area contributed by atoms with Crippen molar-refractivity contribution < 1.29 is 9.53 Å².